The molecule has 150 valence electrons. The van der Waals surface area contributed by atoms with E-state index in [1.807, 2.05) is 44.3 Å². The Kier molecular flexibility index (Phi) is 4.36. The number of carbonyl (C=O) groups is 1. The first kappa shape index (κ1) is 18.8. The molecule has 4 nitrogen and oxygen atoms in total. The van der Waals surface area contributed by atoms with Crippen molar-refractivity contribution in [3.8, 4) is 6.07 Å². The minimum absolute atomic E-state index is 0.0286. The van der Waals surface area contributed by atoms with E-state index in [1.165, 1.54) is 5.56 Å². The molecule has 0 bridgehead atoms. The molecule has 1 heterocycles. The molecule has 5 atom stereocenters. The SMILES string of the molecule is C[C@@H]1C(=O)C(C#N)=C[C@]2(c3ccccc3)C3=NN(C)[C@@H](c4ccccc4)[C@H]3CC[C@@H]12. The minimum Gasteiger partial charge on any atom is -0.293 e. The molecule has 0 aromatic heterocycles. The van der Waals surface area contributed by atoms with Gasteiger partial charge in [-0.3, -0.25) is 9.80 Å². The first-order valence-corrected chi connectivity index (χ1v) is 10.7. The maximum Gasteiger partial charge on any atom is 0.176 e. The number of allylic oxidation sites excluding steroid dienone is 2. The molecule has 3 aliphatic rings. The van der Waals surface area contributed by atoms with Crippen LogP contribution in [0.25, 0.3) is 0 Å². The number of ketones is 1. The van der Waals surface area contributed by atoms with Gasteiger partial charge in [0.25, 0.3) is 0 Å². The van der Waals surface area contributed by atoms with E-state index in [1.54, 1.807) is 0 Å². The number of hydrogen-bond donors (Lipinski definition) is 0. The predicted molar refractivity (Wildman–Crippen MR) is 117 cm³/mol. The molecule has 0 N–H and O–H groups in total. The summed E-state index contributed by atoms with van der Waals surface area (Å²) in [7, 11) is 2.04. The first-order valence-electron chi connectivity index (χ1n) is 10.7. The maximum absolute atomic E-state index is 12.9. The summed E-state index contributed by atoms with van der Waals surface area (Å²) >= 11 is 0. The van der Waals surface area contributed by atoms with Gasteiger partial charge < -0.3 is 0 Å². The van der Waals surface area contributed by atoms with Crippen molar-refractivity contribution in [2.24, 2.45) is 22.9 Å². The third-order valence-electron chi connectivity index (χ3n) is 7.37. The van der Waals surface area contributed by atoms with E-state index in [4.69, 9.17) is 5.10 Å². The molecular weight excluding hydrogens is 370 g/mol. The molecule has 30 heavy (non-hydrogen) atoms. The maximum atomic E-state index is 12.9. The van der Waals surface area contributed by atoms with Crippen molar-refractivity contribution < 1.29 is 4.79 Å². The third-order valence-corrected chi connectivity index (χ3v) is 7.37. The van der Waals surface area contributed by atoms with Crippen LogP contribution in [0.5, 0.6) is 0 Å². The highest BCUT2D eigenvalue weighted by atomic mass is 16.1. The van der Waals surface area contributed by atoms with Crippen LogP contribution in [0.1, 0.15) is 36.9 Å². The Morgan fingerprint density at radius 3 is 2.40 bits per heavy atom. The van der Waals surface area contributed by atoms with E-state index in [0.29, 0.717) is 0 Å². The van der Waals surface area contributed by atoms with Crippen molar-refractivity contribution >= 4 is 11.5 Å². The minimum atomic E-state index is -0.514. The van der Waals surface area contributed by atoms with Gasteiger partial charge in [0.15, 0.2) is 5.78 Å². The fourth-order valence-corrected chi connectivity index (χ4v) is 6.07. The lowest BCUT2D eigenvalue weighted by atomic mass is 9.51. The van der Waals surface area contributed by atoms with E-state index in [-0.39, 0.29) is 35.2 Å². The molecule has 0 radical (unpaired) electrons. The number of nitrogens with zero attached hydrogens (tertiary/aromatic N) is 3. The lowest BCUT2D eigenvalue weighted by Crippen LogP contribution is -2.54. The van der Waals surface area contributed by atoms with Crippen molar-refractivity contribution in [1.82, 2.24) is 5.01 Å². The van der Waals surface area contributed by atoms with Gasteiger partial charge in [-0.2, -0.15) is 10.4 Å². The second-order valence-electron chi connectivity index (χ2n) is 8.76. The van der Waals surface area contributed by atoms with Crippen molar-refractivity contribution in [3.05, 3.63) is 83.4 Å². The highest BCUT2D eigenvalue weighted by Gasteiger charge is 2.58. The van der Waals surface area contributed by atoms with Crippen molar-refractivity contribution in [2.45, 2.75) is 31.2 Å². The largest absolute Gasteiger partial charge is 0.293 e. The molecule has 0 saturated heterocycles. The van der Waals surface area contributed by atoms with Crippen LogP contribution in [0, 0.1) is 29.1 Å². The molecule has 5 rings (SSSR count). The molecular formula is C26H25N3O. The second kappa shape index (κ2) is 6.95. The van der Waals surface area contributed by atoms with E-state index in [0.717, 1.165) is 24.1 Å². The summed E-state index contributed by atoms with van der Waals surface area (Å²) in [5.74, 6) is 0.140. The monoisotopic (exact) mass is 395 g/mol. The molecule has 2 aromatic carbocycles. The number of hydrogen-bond acceptors (Lipinski definition) is 4. The summed E-state index contributed by atoms with van der Waals surface area (Å²) in [5.41, 5.74) is 3.26. The van der Waals surface area contributed by atoms with E-state index in [2.05, 4.69) is 47.5 Å². The van der Waals surface area contributed by atoms with Gasteiger partial charge in [-0.25, -0.2) is 0 Å². The molecule has 0 amide bonds. The normalized spacial score (nSPS) is 32.6. The van der Waals surface area contributed by atoms with Crippen LogP contribution in [-0.4, -0.2) is 23.6 Å². The van der Waals surface area contributed by atoms with Crippen LogP contribution in [-0.2, 0) is 10.2 Å². The molecule has 0 spiro atoms. The molecule has 1 fully saturated rings. The van der Waals surface area contributed by atoms with Gasteiger partial charge in [-0.05, 0) is 36.0 Å². The van der Waals surface area contributed by atoms with Gasteiger partial charge in [0.05, 0.1) is 22.7 Å². The number of fused-ring (bicyclic) bond motifs is 3. The Morgan fingerprint density at radius 1 is 1.07 bits per heavy atom. The fraction of sp³-hybridized carbons (Fsp3) is 0.346. The first-order chi connectivity index (χ1) is 14.6. The number of hydrazone groups is 1. The molecule has 2 aromatic rings. The molecule has 1 saturated carbocycles. The van der Waals surface area contributed by atoms with Crippen molar-refractivity contribution in [1.29, 1.82) is 5.26 Å². The molecule has 0 unspecified atom stereocenters. The van der Waals surface area contributed by atoms with Gasteiger partial charge in [0, 0.05) is 18.9 Å². The van der Waals surface area contributed by atoms with Gasteiger partial charge in [0.2, 0.25) is 0 Å². The highest BCUT2D eigenvalue weighted by Crippen LogP contribution is 2.56. The number of carbonyl (C=O) groups excluding carboxylic acids is 1. The third kappa shape index (κ3) is 2.51. The van der Waals surface area contributed by atoms with E-state index >= 15 is 0 Å². The lowest BCUT2D eigenvalue weighted by Gasteiger charge is -2.50. The Bertz CT molecular complexity index is 1080. The fourth-order valence-electron chi connectivity index (χ4n) is 6.07. The molecule has 4 heteroatoms. The Labute approximate surface area is 177 Å². The van der Waals surface area contributed by atoms with Gasteiger partial charge in [-0.1, -0.05) is 67.6 Å². The van der Waals surface area contributed by atoms with Crippen LogP contribution in [0.15, 0.2) is 77.4 Å². The average molecular weight is 396 g/mol. The second-order valence-corrected chi connectivity index (χ2v) is 8.76. The van der Waals surface area contributed by atoms with Crippen molar-refractivity contribution in [2.75, 3.05) is 7.05 Å². The Morgan fingerprint density at radius 2 is 1.73 bits per heavy atom. The number of nitriles is 1. The predicted octanol–water partition coefficient (Wildman–Crippen LogP) is 4.66. The van der Waals surface area contributed by atoms with Crippen LogP contribution < -0.4 is 0 Å². The zero-order valence-electron chi connectivity index (χ0n) is 17.3. The van der Waals surface area contributed by atoms with Crippen LogP contribution in [0.2, 0.25) is 0 Å². The van der Waals surface area contributed by atoms with Gasteiger partial charge in [-0.15, -0.1) is 0 Å². The summed E-state index contributed by atoms with van der Waals surface area (Å²) in [6.45, 7) is 1.99. The van der Waals surface area contributed by atoms with Crippen LogP contribution in [0.3, 0.4) is 0 Å². The zero-order chi connectivity index (χ0) is 20.9. The standard InChI is InChI=1S/C26H25N3O/c1-17-22-14-13-21-23(18-9-5-3-6-10-18)29(2)28-25(21)26(22,15-19(16-27)24(17)30)20-11-7-4-8-12-20/h3-12,15,17,21-23H,13-14H2,1-2H3/t17-,21+,22-,23-,26+/m0/s1. The average Bonchev–Trinajstić information content (AvgIpc) is 3.13. The van der Waals surface area contributed by atoms with Gasteiger partial charge in [0.1, 0.15) is 6.07 Å². The number of rotatable bonds is 2. The van der Waals surface area contributed by atoms with Crippen molar-refractivity contribution in [3.63, 3.8) is 0 Å². The van der Waals surface area contributed by atoms with Crippen LogP contribution >= 0.6 is 0 Å². The molecule has 1 aliphatic heterocycles. The summed E-state index contributed by atoms with van der Waals surface area (Å²) in [5, 5.41) is 17.0. The molecule has 2 aliphatic carbocycles. The van der Waals surface area contributed by atoms with E-state index in [9.17, 15) is 10.1 Å². The van der Waals surface area contributed by atoms with Crippen LogP contribution in [0.4, 0.5) is 0 Å². The summed E-state index contributed by atoms with van der Waals surface area (Å²) in [6.07, 6.45) is 3.88. The summed E-state index contributed by atoms with van der Waals surface area (Å²) in [4.78, 5) is 12.9. The van der Waals surface area contributed by atoms with E-state index < -0.39 is 5.41 Å². The lowest BCUT2D eigenvalue weighted by molar-refractivity contribution is -0.121. The Balaban J connectivity index is 1.73. The Hall–Kier alpha value is -3.19. The number of Topliss-reactive ketones (excluding diaryl/α,β-unsaturated/α-hetero) is 1. The zero-order valence-corrected chi connectivity index (χ0v) is 17.3. The smallest absolute Gasteiger partial charge is 0.176 e. The summed E-state index contributed by atoms with van der Waals surface area (Å²) < 4.78 is 0. The highest BCUT2D eigenvalue weighted by molar-refractivity contribution is 6.09. The van der Waals surface area contributed by atoms with Gasteiger partial charge >= 0.3 is 0 Å². The quantitative estimate of drug-likeness (QED) is 0.743. The number of benzene rings is 2. The summed E-state index contributed by atoms with van der Waals surface area (Å²) in [6, 6.07) is 23.3. The topological polar surface area (TPSA) is 56.5 Å².